The minimum Gasteiger partial charge on any atom is -0.341 e. The van der Waals surface area contributed by atoms with Gasteiger partial charge in [0.05, 0.1) is 13.2 Å². The smallest absolute Gasteiger partial charge is 0.207 e. The third-order valence-corrected chi connectivity index (χ3v) is 1.77. The molecule has 1 heterocycles. The van der Waals surface area contributed by atoms with E-state index >= 15 is 0 Å². The molecule has 0 aromatic rings. The Hall–Kier alpha value is 0.270. The molecule has 0 bridgehead atoms. The van der Waals surface area contributed by atoms with Crippen LogP contribution in [0.3, 0.4) is 0 Å². The average Bonchev–Trinajstić information content (AvgIpc) is 2.19. The monoisotopic (exact) mass is 134 g/mol. The van der Waals surface area contributed by atoms with E-state index in [0.717, 1.165) is 19.0 Å². The maximum atomic E-state index is 5.13. The molecule has 0 aromatic carbocycles. The van der Waals surface area contributed by atoms with E-state index in [1.807, 2.05) is 0 Å². The third kappa shape index (κ3) is 1.65. The van der Waals surface area contributed by atoms with Crippen LogP contribution in [0.15, 0.2) is 0 Å². The number of ether oxygens (including phenoxy) is 2. The lowest BCUT2D eigenvalue weighted by Crippen LogP contribution is -2.00. The van der Waals surface area contributed by atoms with Gasteiger partial charge in [-0.05, 0) is 5.75 Å². The molecule has 0 unspecified atom stereocenters. The summed E-state index contributed by atoms with van der Waals surface area (Å²) in [6, 6.07) is 0. The standard InChI is InChI=1S/C5H10O2S/c1-2-8-5-6-3-4-7-5/h5H,2-4H2,1H3. The average molecular weight is 134 g/mol. The first-order chi connectivity index (χ1) is 3.93. The van der Waals surface area contributed by atoms with Gasteiger partial charge in [-0.15, -0.1) is 11.8 Å². The van der Waals surface area contributed by atoms with E-state index < -0.39 is 0 Å². The molecule has 0 saturated carbocycles. The second-order valence-corrected chi connectivity index (χ2v) is 2.78. The van der Waals surface area contributed by atoms with E-state index in [1.165, 1.54) is 0 Å². The van der Waals surface area contributed by atoms with Crippen molar-refractivity contribution in [2.75, 3.05) is 19.0 Å². The molecule has 1 rings (SSSR count). The molecule has 0 radical (unpaired) electrons. The van der Waals surface area contributed by atoms with E-state index in [4.69, 9.17) is 9.47 Å². The first kappa shape index (κ1) is 6.39. The Morgan fingerprint density at radius 1 is 1.50 bits per heavy atom. The van der Waals surface area contributed by atoms with Crippen LogP contribution < -0.4 is 0 Å². The van der Waals surface area contributed by atoms with Crippen molar-refractivity contribution in [3.8, 4) is 0 Å². The minimum absolute atomic E-state index is 0.0278. The highest BCUT2D eigenvalue weighted by molar-refractivity contribution is 7.99. The Morgan fingerprint density at radius 2 is 2.12 bits per heavy atom. The zero-order chi connectivity index (χ0) is 5.82. The van der Waals surface area contributed by atoms with Crippen molar-refractivity contribution in [2.45, 2.75) is 12.5 Å². The molecule has 2 nitrogen and oxygen atoms in total. The van der Waals surface area contributed by atoms with Crippen LogP contribution in [-0.4, -0.2) is 24.6 Å². The van der Waals surface area contributed by atoms with Gasteiger partial charge in [0.2, 0.25) is 5.62 Å². The van der Waals surface area contributed by atoms with Crippen molar-refractivity contribution in [2.24, 2.45) is 0 Å². The Labute approximate surface area is 53.5 Å². The molecule has 0 spiro atoms. The van der Waals surface area contributed by atoms with Gasteiger partial charge in [-0.3, -0.25) is 0 Å². The predicted octanol–water partition coefficient (Wildman–Crippen LogP) is 1.07. The van der Waals surface area contributed by atoms with Gasteiger partial charge in [0.15, 0.2) is 0 Å². The van der Waals surface area contributed by atoms with Crippen LogP contribution in [-0.2, 0) is 9.47 Å². The highest BCUT2D eigenvalue weighted by Gasteiger charge is 2.13. The highest BCUT2D eigenvalue weighted by Crippen LogP contribution is 2.16. The number of hydrogen-bond acceptors (Lipinski definition) is 3. The molecule has 1 saturated heterocycles. The molecular formula is C5H10O2S. The molecule has 0 amide bonds. The van der Waals surface area contributed by atoms with Crippen molar-refractivity contribution in [3.05, 3.63) is 0 Å². The van der Waals surface area contributed by atoms with E-state index in [9.17, 15) is 0 Å². The van der Waals surface area contributed by atoms with Crippen LogP contribution in [0.5, 0.6) is 0 Å². The van der Waals surface area contributed by atoms with Gasteiger partial charge in [-0.25, -0.2) is 0 Å². The summed E-state index contributed by atoms with van der Waals surface area (Å²) in [5, 5.41) is 0. The minimum atomic E-state index is 0.0278. The second-order valence-electron chi connectivity index (χ2n) is 1.49. The summed E-state index contributed by atoms with van der Waals surface area (Å²) in [4.78, 5) is 0. The van der Waals surface area contributed by atoms with Gasteiger partial charge >= 0.3 is 0 Å². The fourth-order valence-electron chi connectivity index (χ4n) is 0.569. The molecular weight excluding hydrogens is 124 g/mol. The van der Waals surface area contributed by atoms with Crippen LogP contribution in [0.25, 0.3) is 0 Å². The number of hydrogen-bond donors (Lipinski definition) is 0. The summed E-state index contributed by atoms with van der Waals surface area (Å²) < 4.78 is 10.3. The second kappa shape index (κ2) is 3.33. The predicted molar refractivity (Wildman–Crippen MR) is 33.8 cm³/mol. The Kier molecular flexibility index (Phi) is 2.66. The van der Waals surface area contributed by atoms with Gasteiger partial charge in [0.25, 0.3) is 0 Å². The molecule has 1 aliphatic heterocycles. The molecule has 48 valence electrons. The number of rotatable bonds is 2. The van der Waals surface area contributed by atoms with E-state index in [0.29, 0.717) is 0 Å². The van der Waals surface area contributed by atoms with Gasteiger partial charge in [-0.2, -0.15) is 0 Å². The van der Waals surface area contributed by atoms with Crippen molar-refractivity contribution >= 4 is 11.8 Å². The third-order valence-electron chi connectivity index (χ3n) is 0.894. The Bertz CT molecular complexity index is 61.4. The quantitative estimate of drug-likeness (QED) is 0.563. The lowest BCUT2D eigenvalue weighted by atomic mass is 10.8. The zero-order valence-corrected chi connectivity index (χ0v) is 5.74. The Morgan fingerprint density at radius 3 is 2.62 bits per heavy atom. The molecule has 3 heteroatoms. The van der Waals surface area contributed by atoms with Gasteiger partial charge in [0.1, 0.15) is 0 Å². The van der Waals surface area contributed by atoms with Crippen LogP contribution in [0.1, 0.15) is 6.92 Å². The van der Waals surface area contributed by atoms with Crippen LogP contribution in [0.4, 0.5) is 0 Å². The SMILES string of the molecule is CCSC1OCCO1. The molecule has 0 aromatic heterocycles. The van der Waals surface area contributed by atoms with Gasteiger partial charge in [-0.1, -0.05) is 6.92 Å². The number of thioether (sulfide) groups is 1. The van der Waals surface area contributed by atoms with Crippen LogP contribution >= 0.6 is 11.8 Å². The van der Waals surface area contributed by atoms with Crippen molar-refractivity contribution in [3.63, 3.8) is 0 Å². The molecule has 0 aliphatic carbocycles. The van der Waals surface area contributed by atoms with Gasteiger partial charge < -0.3 is 9.47 Å². The molecule has 8 heavy (non-hydrogen) atoms. The maximum Gasteiger partial charge on any atom is 0.207 e. The summed E-state index contributed by atoms with van der Waals surface area (Å²) in [5.41, 5.74) is 0.0278. The van der Waals surface area contributed by atoms with Crippen molar-refractivity contribution < 1.29 is 9.47 Å². The first-order valence-electron chi connectivity index (χ1n) is 2.78. The fraction of sp³-hybridized carbons (Fsp3) is 1.00. The van der Waals surface area contributed by atoms with Crippen LogP contribution in [0, 0.1) is 0 Å². The van der Waals surface area contributed by atoms with E-state index in [-0.39, 0.29) is 5.62 Å². The summed E-state index contributed by atoms with van der Waals surface area (Å²) >= 11 is 1.69. The topological polar surface area (TPSA) is 18.5 Å². The lowest BCUT2D eigenvalue weighted by Gasteiger charge is -2.03. The lowest BCUT2D eigenvalue weighted by molar-refractivity contribution is 0.0346. The molecule has 1 fully saturated rings. The summed E-state index contributed by atoms with van der Waals surface area (Å²) in [6.07, 6.45) is 0. The van der Waals surface area contributed by atoms with Crippen molar-refractivity contribution in [1.82, 2.24) is 0 Å². The van der Waals surface area contributed by atoms with Crippen molar-refractivity contribution in [1.29, 1.82) is 0 Å². The first-order valence-corrected chi connectivity index (χ1v) is 3.83. The molecule has 0 atom stereocenters. The summed E-state index contributed by atoms with van der Waals surface area (Å²) in [5.74, 6) is 1.06. The maximum absolute atomic E-state index is 5.13. The zero-order valence-electron chi connectivity index (χ0n) is 4.92. The van der Waals surface area contributed by atoms with Gasteiger partial charge in [0, 0.05) is 0 Å². The van der Waals surface area contributed by atoms with Crippen LogP contribution in [0.2, 0.25) is 0 Å². The molecule has 1 aliphatic rings. The van der Waals surface area contributed by atoms with E-state index in [2.05, 4.69) is 6.92 Å². The summed E-state index contributed by atoms with van der Waals surface area (Å²) in [6.45, 7) is 3.62. The summed E-state index contributed by atoms with van der Waals surface area (Å²) in [7, 11) is 0. The highest BCUT2D eigenvalue weighted by atomic mass is 32.2. The normalized spacial score (nSPS) is 22.1. The fourth-order valence-corrected chi connectivity index (χ4v) is 1.23. The van der Waals surface area contributed by atoms with E-state index in [1.54, 1.807) is 11.8 Å². The Balaban J connectivity index is 2.06. The largest absolute Gasteiger partial charge is 0.341 e. The molecule has 0 N–H and O–H groups in total.